The number of rotatable bonds is 5. The van der Waals surface area contributed by atoms with Crippen LogP contribution in [-0.2, 0) is 7.05 Å². The van der Waals surface area contributed by atoms with Gasteiger partial charge in [-0.25, -0.2) is 9.37 Å². The molecule has 0 saturated heterocycles. The molecule has 176 valence electrons. The fraction of sp³-hybridized carbons (Fsp3) is 0.292. The number of nitrogens with zero attached hydrogens (tertiary/aromatic N) is 4. The molecule has 0 atom stereocenters. The molecule has 0 aliphatic heterocycles. The van der Waals surface area contributed by atoms with Crippen LogP contribution in [0.4, 0.5) is 8.78 Å². The zero-order valence-corrected chi connectivity index (χ0v) is 19.3. The summed E-state index contributed by atoms with van der Waals surface area (Å²) in [6.07, 6.45) is 4.34. The normalized spacial score (nSPS) is 19.9. The number of pyridine rings is 1. The summed E-state index contributed by atoms with van der Waals surface area (Å²) in [6.45, 7) is 2.25. The number of hydrogen-bond donors (Lipinski definition) is 2. The number of aliphatic hydroxyl groups is 1. The Morgan fingerprint density at radius 3 is 2.74 bits per heavy atom. The molecular weight excluding hydrogens is 464 g/mol. The molecule has 1 aromatic carbocycles. The molecule has 1 aliphatic carbocycles. The highest BCUT2D eigenvalue weighted by atomic mass is 35.5. The van der Waals surface area contributed by atoms with E-state index in [4.69, 9.17) is 11.6 Å². The van der Waals surface area contributed by atoms with E-state index in [9.17, 15) is 14.3 Å². The van der Waals surface area contributed by atoms with E-state index >= 15 is 4.39 Å². The quantitative estimate of drug-likeness (QED) is 0.443. The van der Waals surface area contributed by atoms with Gasteiger partial charge in [0.15, 0.2) is 0 Å². The van der Waals surface area contributed by atoms with Crippen LogP contribution in [0.15, 0.2) is 42.7 Å². The molecule has 10 heteroatoms. The highest BCUT2D eigenvalue weighted by Gasteiger charge is 2.38. The molecular formula is C24H22ClF2N5O2. The molecule has 1 amide bonds. The van der Waals surface area contributed by atoms with Crippen molar-refractivity contribution in [1.82, 2.24) is 24.5 Å². The Balaban J connectivity index is 1.49. The lowest BCUT2D eigenvalue weighted by Gasteiger charge is -2.40. The van der Waals surface area contributed by atoms with Crippen molar-refractivity contribution in [2.75, 3.05) is 6.54 Å². The van der Waals surface area contributed by atoms with Crippen molar-refractivity contribution in [2.24, 2.45) is 13.0 Å². The number of halogens is 3. The number of aromatic nitrogens is 4. The molecule has 5 rings (SSSR count). The Bertz CT molecular complexity index is 1420. The van der Waals surface area contributed by atoms with Gasteiger partial charge in [0.25, 0.3) is 5.91 Å². The first-order valence-corrected chi connectivity index (χ1v) is 11.2. The van der Waals surface area contributed by atoms with Crippen LogP contribution in [0.3, 0.4) is 0 Å². The number of amides is 1. The number of imidazole rings is 1. The molecule has 1 fully saturated rings. The van der Waals surface area contributed by atoms with E-state index in [2.05, 4.69) is 15.4 Å². The summed E-state index contributed by atoms with van der Waals surface area (Å²) in [5, 5.41) is 16.6. The summed E-state index contributed by atoms with van der Waals surface area (Å²) in [7, 11) is 1.57. The van der Waals surface area contributed by atoms with Gasteiger partial charge in [-0.2, -0.15) is 4.39 Å². The largest absolute Gasteiger partial charge is 0.390 e. The van der Waals surface area contributed by atoms with Crippen molar-refractivity contribution in [3.05, 3.63) is 65.2 Å². The summed E-state index contributed by atoms with van der Waals surface area (Å²) in [5.74, 6) is -1.39. The van der Waals surface area contributed by atoms with Crippen LogP contribution in [0.25, 0.3) is 28.0 Å². The number of fused-ring (bicyclic) bond motifs is 1. The first-order valence-electron chi connectivity index (χ1n) is 10.8. The minimum Gasteiger partial charge on any atom is -0.390 e. The lowest BCUT2D eigenvalue weighted by atomic mass is 9.72. The van der Waals surface area contributed by atoms with Gasteiger partial charge in [0.2, 0.25) is 5.95 Å². The standard InChI is InChI=1S/C24H22ClF2N5O2/c1-24(34)9-13(10-24)11-28-23(33)14-6-7-32-18(8-14)29-20(21(32)25)19-15(4-3-5-17(19)26)16-12-31(2)30-22(16)27/h3-8,12-13,34H,9-11H2,1-2H3,(H,28,33). The molecule has 0 bridgehead atoms. The fourth-order valence-corrected chi connectivity index (χ4v) is 4.89. The number of carbonyl (C=O) groups is 1. The maximum absolute atomic E-state index is 15.0. The predicted molar refractivity (Wildman–Crippen MR) is 123 cm³/mol. The van der Waals surface area contributed by atoms with E-state index in [-0.39, 0.29) is 39.4 Å². The summed E-state index contributed by atoms with van der Waals surface area (Å²) >= 11 is 6.55. The first kappa shape index (κ1) is 22.5. The van der Waals surface area contributed by atoms with Gasteiger partial charge in [-0.3, -0.25) is 13.9 Å². The maximum atomic E-state index is 15.0. The molecule has 34 heavy (non-hydrogen) atoms. The molecule has 0 unspecified atom stereocenters. The van der Waals surface area contributed by atoms with Gasteiger partial charge in [-0.15, -0.1) is 5.10 Å². The Labute approximate surface area is 199 Å². The summed E-state index contributed by atoms with van der Waals surface area (Å²) in [4.78, 5) is 17.1. The molecule has 1 aliphatic rings. The third-order valence-corrected chi connectivity index (χ3v) is 6.52. The topological polar surface area (TPSA) is 84.5 Å². The summed E-state index contributed by atoms with van der Waals surface area (Å²) in [6, 6.07) is 7.47. The van der Waals surface area contributed by atoms with Crippen LogP contribution in [0.5, 0.6) is 0 Å². The van der Waals surface area contributed by atoms with Gasteiger partial charge < -0.3 is 10.4 Å². The van der Waals surface area contributed by atoms with Crippen molar-refractivity contribution in [1.29, 1.82) is 0 Å². The first-order chi connectivity index (χ1) is 16.1. The zero-order valence-electron chi connectivity index (χ0n) is 18.5. The lowest BCUT2D eigenvalue weighted by Crippen LogP contribution is -2.45. The number of aryl methyl sites for hydroxylation is 1. The van der Waals surface area contributed by atoms with Crippen LogP contribution in [-0.4, -0.2) is 42.3 Å². The van der Waals surface area contributed by atoms with Crippen molar-refractivity contribution in [2.45, 2.75) is 25.4 Å². The Hall–Kier alpha value is -3.30. The van der Waals surface area contributed by atoms with Gasteiger partial charge in [0, 0.05) is 42.7 Å². The van der Waals surface area contributed by atoms with Crippen LogP contribution in [0.2, 0.25) is 5.15 Å². The monoisotopic (exact) mass is 485 g/mol. The molecule has 0 spiro atoms. The molecule has 1 saturated carbocycles. The maximum Gasteiger partial charge on any atom is 0.251 e. The van der Waals surface area contributed by atoms with Gasteiger partial charge in [0.1, 0.15) is 22.3 Å². The van der Waals surface area contributed by atoms with E-state index in [0.29, 0.717) is 30.6 Å². The highest BCUT2D eigenvalue weighted by Crippen LogP contribution is 2.39. The molecule has 3 heterocycles. The molecule has 7 nitrogen and oxygen atoms in total. The van der Waals surface area contributed by atoms with E-state index in [1.54, 1.807) is 38.4 Å². The SMILES string of the molecule is Cn1cc(-c2cccc(F)c2-c2nc3cc(C(=O)NCC4CC(C)(O)C4)ccn3c2Cl)c(F)n1. The van der Waals surface area contributed by atoms with Gasteiger partial charge in [-0.05, 0) is 43.9 Å². The molecule has 4 aromatic rings. The average Bonchev–Trinajstić information content (AvgIpc) is 3.27. The van der Waals surface area contributed by atoms with Crippen LogP contribution in [0, 0.1) is 17.7 Å². The van der Waals surface area contributed by atoms with Gasteiger partial charge in [-0.1, -0.05) is 23.7 Å². The van der Waals surface area contributed by atoms with Crippen molar-refractivity contribution in [3.63, 3.8) is 0 Å². The Morgan fingerprint density at radius 2 is 2.06 bits per heavy atom. The van der Waals surface area contributed by atoms with Crippen molar-refractivity contribution < 1.29 is 18.7 Å². The summed E-state index contributed by atoms with van der Waals surface area (Å²) < 4.78 is 32.2. The average molecular weight is 486 g/mol. The second kappa shape index (κ2) is 8.18. The lowest BCUT2D eigenvalue weighted by molar-refractivity contribution is -0.0555. The van der Waals surface area contributed by atoms with E-state index in [0.717, 1.165) is 0 Å². The Morgan fingerprint density at radius 1 is 1.29 bits per heavy atom. The Kier molecular flexibility index (Phi) is 5.41. The van der Waals surface area contributed by atoms with Crippen molar-refractivity contribution in [3.8, 4) is 22.4 Å². The second-order valence-corrected chi connectivity index (χ2v) is 9.40. The predicted octanol–water partition coefficient (Wildman–Crippen LogP) is 4.22. The van der Waals surface area contributed by atoms with Crippen LogP contribution < -0.4 is 5.32 Å². The fourth-order valence-electron chi connectivity index (χ4n) is 4.61. The van der Waals surface area contributed by atoms with Crippen LogP contribution in [0.1, 0.15) is 30.1 Å². The van der Waals surface area contributed by atoms with Crippen LogP contribution >= 0.6 is 11.6 Å². The third kappa shape index (κ3) is 3.95. The minimum absolute atomic E-state index is 0.0473. The zero-order chi connectivity index (χ0) is 24.2. The molecule has 3 aromatic heterocycles. The number of carbonyl (C=O) groups excluding carboxylic acids is 1. The van der Waals surface area contributed by atoms with Gasteiger partial charge in [0.05, 0.1) is 11.2 Å². The second-order valence-electron chi connectivity index (χ2n) is 9.05. The van der Waals surface area contributed by atoms with Crippen molar-refractivity contribution >= 4 is 23.2 Å². The molecule has 2 N–H and O–H groups in total. The third-order valence-electron chi connectivity index (χ3n) is 6.16. The minimum atomic E-state index is -0.735. The van der Waals surface area contributed by atoms with E-state index in [1.807, 2.05) is 0 Å². The number of hydrogen-bond acceptors (Lipinski definition) is 4. The van der Waals surface area contributed by atoms with Gasteiger partial charge >= 0.3 is 0 Å². The van der Waals surface area contributed by atoms with E-state index in [1.165, 1.54) is 27.4 Å². The highest BCUT2D eigenvalue weighted by molar-refractivity contribution is 6.32. The number of nitrogens with one attached hydrogen (secondary N) is 1. The number of benzene rings is 1. The smallest absolute Gasteiger partial charge is 0.251 e. The molecule has 0 radical (unpaired) electrons. The van der Waals surface area contributed by atoms with E-state index < -0.39 is 17.4 Å². The summed E-state index contributed by atoms with van der Waals surface area (Å²) in [5.41, 5.74) is 0.643.